The maximum atomic E-state index is 12.5. The van der Waals surface area contributed by atoms with Gasteiger partial charge in [0.15, 0.2) is 0 Å². The van der Waals surface area contributed by atoms with Crippen molar-refractivity contribution in [3.05, 3.63) is 51.7 Å². The van der Waals surface area contributed by atoms with E-state index >= 15 is 0 Å². The molecule has 0 fully saturated rings. The van der Waals surface area contributed by atoms with Gasteiger partial charge in [-0.2, -0.15) is 13.2 Å². The third-order valence-electron chi connectivity index (χ3n) is 2.84. The summed E-state index contributed by atoms with van der Waals surface area (Å²) in [5, 5.41) is 1.90. The standard InChI is InChI=1S/C14H12BrF3OS/c1-19-11-7-13(20-8-11)12(15)6-9-2-4-10(5-3-9)14(16,17)18/h2-5,7-8,12H,6H2,1H3. The van der Waals surface area contributed by atoms with E-state index < -0.39 is 11.7 Å². The molecule has 0 saturated heterocycles. The first-order valence-corrected chi connectivity index (χ1v) is 7.62. The summed E-state index contributed by atoms with van der Waals surface area (Å²) >= 11 is 5.11. The van der Waals surface area contributed by atoms with E-state index in [9.17, 15) is 13.2 Å². The molecule has 1 heterocycles. The van der Waals surface area contributed by atoms with E-state index in [2.05, 4.69) is 15.9 Å². The maximum Gasteiger partial charge on any atom is 0.416 e. The summed E-state index contributed by atoms with van der Waals surface area (Å²) in [6.07, 6.45) is -3.66. The minimum atomic E-state index is -4.28. The minimum absolute atomic E-state index is 0.0631. The SMILES string of the molecule is COc1csc(C(Br)Cc2ccc(C(F)(F)F)cc2)c1. The topological polar surface area (TPSA) is 9.23 Å². The van der Waals surface area contributed by atoms with Gasteiger partial charge in [0, 0.05) is 10.3 Å². The number of halogens is 4. The fraction of sp³-hybridized carbons (Fsp3) is 0.286. The molecule has 108 valence electrons. The summed E-state index contributed by atoms with van der Waals surface area (Å²) in [6.45, 7) is 0. The Labute approximate surface area is 127 Å². The molecule has 0 spiro atoms. The van der Waals surface area contributed by atoms with Crippen LogP contribution in [0.4, 0.5) is 13.2 Å². The van der Waals surface area contributed by atoms with E-state index in [4.69, 9.17) is 4.74 Å². The molecule has 1 unspecified atom stereocenters. The van der Waals surface area contributed by atoms with Crippen molar-refractivity contribution in [3.63, 3.8) is 0 Å². The first-order chi connectivity index (χ1) is 9.40. The van der Waals surface area contributed by atoms with Crippen molar-refractivity contribution in [2.75, 3.05) is 7.11 Å². The van der Waals surface area contributed by atoms with Crippen LogP contribution >= 0.6 is 27.3 Å². The van der Waals surface area contributed by atoms with Crippen molar-refractivity contribution in [3.8, 4) is 5.75 Å². The van der Waals surface area contributed by atoms with E-state index in [0.717, 1.165) is 28.3 Å². The van der Waals surface area contributed by atoms with Gasteiger partial charge in [-0.3, -0.25) is 0 Å². The smallest absolute Gasteiger partial charge is 0.416 e. The molecule has 1 nitrogen and oxygen atoms in total. The average Bonchev–Trinajstić information content (AvgIpc) is 2.87. The lowest BCUT2D eigenvalue weighted by atomic mass is 10.1. The van der Waals surface area contributed by atoms with Crippen LogP contribution in [0.3, 0.4) is 0 Å². The zero-order valence-electron chi connectivity index (χ0n) is 10.6. The average molecular weight is 365 g/mol. The molecule has 2 rings (SSSR count). The van der Waals surface area contributed by atoms with Crippen molar-refractivity contribution >= 4 is 27.3 Å². The molecule has 0 bridgehead atoms. The normalized spacial score (nSPS) is 13.2. The summed E-state index contributed by atoms with van der Waals surface area (Å²) in [7, 11) is 1.60. The van der Waals surface area contributed by atoms with E-state index in [1.165, 1.54) is 12.1 Å². The summed E-state index contributed by atoms with van der Waals surface area (Å²) in [6, 6.07) is 7.19. The Bertz CT molecular complexity index is 563. The molecule has 0 aliphatic rings. The van der Waals surface area contributed by atoms with Gasteiger partial charge in [0.1, 0.15) is 5.75 Å². The van der Waals surface area contributed by atoms with Crippen LogP contribution in [0.15, 0.2) is 35.7 Å². The highest BCUT2D eigenvalue weighted by molar-refractivity contribution is 9.09. The zero-order valence-corrected chi connectivity index (χ0v) is 13.0. The monoisotopic (exact) mass is 364 g/mol. The number of benzene rings is 1. The molecule has 2 aromatic rings. The van der Waals surface area contributed by atoms with Gasteiger partial charge in [0.2, 0.25) is 0 Å². The summed E-state index contributed by atoms with van der Waals surface area (Å²) in [4.78, 5) is 1.15. The Kier molecular flexibility index (Phi) is 4.75. The molecule has 0 radical (unpaired) electrons. The molecule has 1 atom stereocenters. The first-order valence-electron chi connectivity index (χ1n) is 5.83. The van der Waals surface area contributed by atoms with Crippen LogP contribution < -0.4 is 4.74 Å². The van der Waals surface area contributed by atoms with Gasteiger partial charge in [-0.25, -0.2) is 0 Å². The predicted molar refractivity (Wildman–Crippen MR) is 77.7 cm³/mol. The summed E-state index contributed by atoms with van der Waals surface area (Å²) in [5.74, 6) is 0.793. The van der Waals surface area contributed by atoms with Crippen molar-refractivity contribution < 1.29 is 17.9 Å². The van der Waals surface area contributed by atoms with Gasteiger partial charge in [-0.05, 0) is 30.2 Å². The third kappa shape index (κ3) is 3.76. The highest BCUT2D eigenvalue weighted by Gasteiger charge is 2.30. The zero-order chi connectivity index (χ0) is 14.8. The van der Waals surface area contributed by atoms with Gasteiger partial charge < -0.3 is 4.74 Å². The molecule has 0 amide bonds. The summed E-state index contributed by atoms with van der Waals surface area (Å²) < 4.78 is 42.5. The first kappa shape index (κ1) is 15.4. The Morgan fingerprint density at radius 2 is 1.90 bits per heavy atom. The Balaban J connectivity index is 2.06. The van der Waals surface area contributed by atoms with Crippen LogP contribution in [0.5, 0.6) is 5.75 Å². The van der Waals surface area contributed by atoms with Crippen molar-refractivity contribution in [1.82, 2.24) is 0 Å². The molecule has 0 N–H and O–H groups in total. The van der Waals surface area contributed by atoms with Crippen LogP contribution in [0.1, 0.15) is 20.8 Å². The molecule has 1 aromatic heterocycles. The van der Waals surface area contributed by atoms with Gasteiger partial charge >= 0.3 is 6.18 Å². The van der Waals surface area contributed by atoms with E-state index in [1.807, 2.05) is 11.4 Å². The van der Waals surface area contributed by atoms with Gasteiger partial charge in [0.05, 0.1) is 17.5 Å². The van der Waals surface area contributed by atoms with Crippen molar-refractivity contribution in [2.24, 2.45) is 0 Å². The van der Waals surface area contributed by atoms with E-state index in [1.54, 1.807) is 18.4 Å². The number of rotatable bonds is 4. The fourth-order valence-electron chi connectivity index (χ4n) is 1.74. The molecule has 1 aromatic carbocycles. The molecule has 20 heavy (non-hydrogen) atoms. The van der Waals surface area contributed by atoms with Crippen molar-refractivity contribution in [1.29, 1.82) is 0 Å². The van der Waals surface area contributed by atoms with Crippen LogP contribution in [0, 0.1) is 0 Å². The second-order valence-corrected chi connectivity index (χ2v) is 6.30. The Morgan fingerprint density at radius 1 is 1.25 bits per heavy atom. The van der Waals surface area contributed by atoms with Crippen LogP contribution in [-0.4, -0.2) is 7.11 Å². The van der Waals surface area contributed by atoms with Crippen LogP contribution in [0.25, 0.3) is 0 Å². The maximum absolute atomic E-state index is 12.5. The van der Waals surface area contributed by atoms with Crippen LogP contribution in [-0.2, 0) is 12.6 Å². The second-order valence-electron chi connectivity index (χ2n) is 4.26. The largest absolute Gasteiger partial charge is 0.496 e. The summed E-state index contributed by atoms with van der Waals surface area (Å²) in [5.41, 5.74) is 0.234. The van der Waals surface area contributed by atoms with Gasteiger partial charge in [-0.15, -0.1) is 11.3 Å². The number of ether oxygens (including phenoxy) is 1. The molecular weight excluding hydrogens is 353 g/mol. The number of alkyl halides is 4. The van der Waals surface area contributed by atoms with Crippen LogP contribution in [0.2, 0.25) is 0 Å². The molecule has 0 saturated carbocycles. The molecule has 0 aliphatic heterocycles. The number of hydrogen-bond donors (Lipinski definition) is 0. The molecule has 6 heteroatoms. The number of methoxy groups -OCH3 is 1. The van der Waals surface area contributed by atoms with Crippen molar-refractivity contribution in [2.45, 2.75) is 17.4 Å². The minimum Gasteiger partial charge on any atom is -0.496 e. The second kappa shape index (κ2) is 6.18. The van der Waals surface area contributed by atoms with E-state index in [-0.39, 0.29) is 4.83 Å². The lowest BCUT2D eigenvalue weighted by Gasteiger charge is -2.10. The predicted octanol–water partition coefficient (Wildman–Crippen LogP) is 5.45. The number of hydrogen-bond acceptors (Lipinski definition) is 2. The Hall–Kier alpha value is -1.01. The lowest BCUT2D eigenvalue weighted by Crippen LogP contribution is -2.04. The van der Waals surface area contributed by atoms with Gasteiger partial charge in [-0.1, -0.05) is 28.1 Å². The third-order valence-corrected chi connectivity index (χ3v) is 4.98. The van der Waals surface area contributed by atoms with E-state index in [0.29, 0.717) is 6.42 Å². The highest BCUT2D eigenvalue weighted by Crippen LogP contribution is 2.35. The quantitative estimate of drug-likeness (QED) is 0.655. The van der Waals surface area contributed by atoms with Gasteiger partial charge in [0.25, 0.3) is 0 Å². The number of thiophene rings is 1. The lowest BCUT2D eigenvalue weighted by molar-refractivity contribution is -0.137. The molecule has 0 aliphatic carbocycles. The molecular formula is C14H12BrF3OS. The highest BCUT2D eigenvalue weighted by atomic mass is 79.9. The fourth-order valence-corrected chi connectivity index (χ4v) is 3.40. The Morgan fingerprint density at radius 3 is 2.40 bits per heavy atom.